The van der Waals surface area contributed by atoms with E-state index in [2.05, 4.69) is 17.0 Å². The van der Waals surface area contributed by atoms with Crippen LogP contribution in [0.4, 0.5) is 0 Å². The second-order valence-electron chi connectivity index (χ2n) is 11.3. The first kappa shape index (κ1) is 30.9. The molecule has 7 heteroatoms. The summed E-state index contributed by atoms with van der Waals surface area (Å²) in [6.45, 7) is 10.2. The molecule has 220 valence electrons. The first-order chi connectivity index (χ1) is 19.8. The van der Waals surface area contributed by atoms with Gasteiger partial charge in [0.2, 0.25) is 5.91 Å². The number of nitrogens with zero attached hydrogens (tertiary/aromatic N) is 2. The van der Waals surface area contributed by atoms with Crippen molar-refractivity contribution in [3.8, 4) is 11.5 Å². The van der Waals surface area contributed by atoms with Gasteiger partial charge in [0.1, 0.15) is 11.5 Å². The van der Waals surface area contributed by atoms with Crippen LogP contribution in [-0.2, 0) is 17.9 Å². The van der Waals surface area contributed by atoms with Gasteiger partial charge in [0.15, 0.2) is 0 Å². The molecule has 3 aromatic rings. The van der Waals surface area contributed by atoms with Crippen molar-refractivity contribution in [2.45, 2.75) is 53.1 Å². The molecule has 0 radical (unpaired) electrons. The smallest absolute Gasteiger partial charge is 0.223 e. The molecule has 3 aromatic carbocycles. The fourth-order valence-electron chi connectivity index (χ4n) is 5.75. The number of aliphatic hydroxyl groups excluding tert-OH is 1. The lowest BCUT2D eigenvalue weighted by Crippen LogP contribution is -2.49. The van der Waals surface area contributed by atoms with Crippen LogP contribution in [0.5, 0.6) is 11.5 Å². The van der Waals surface area contributed by atoms with Crippen molar-refractivity contribution in [1.29, 1.82) is 0 Å². The third-order valence-electron chi connectivity index (χ3n) is 7.80. The van der Waals surface area contributed by atoms with E-state index in [9.17, 15) is 9.90 Å². The largest absolute Gasteiger partial charge is 0.494 e. The Bertz CT molecular complexity index is 1240. The number of aryl methyl sites for hydroxylation is 2. The molecule has 4 rings (SSSR count). The first-order valence-corrected chi connectivity index (χ1v) is 14.9. The molecule has 0 spiro atoms. The van der Waals surface area contributed by atoms with Crippen LogP contribution >= 0.6 is 11.6 Å². The fraction of sp³-hybridized carbons (Fsp3) is 0.441. The molecule has 1 N–H and O–H groups in total. The van der Waals surface area contributed by atoms with Gasteiger partial charge in [-0.1, -0.05) is 54.1 Å². The highest BCUT2D eigenvalue weighted by molar-refractivity contribution is 6.32. The molecule has 1 fully saturated rings. The number of halogens is 1. The molecule has 0 saturated carbocycles. The Labute approximate surface area is 249 Å². The van der Waals surface area contributed by atoms with E-state index < -0.39 is 0 Å². The number of hydrogen-bond donors (Lipinski definition) is 1. The Kier molecular flexibility index (Phi) is 11.1. The summed E-state index contributed by atoms with van der Waals surface area (Å²) < 4.78 is 12.1. The summed E-state index contributed by atoms with van der Waals surface area (Å²) in [5.74, 6) is 1.69. The average molecular weight is 579 g/mol. The van der Waals surface area contributed by atoms with Crippen molar-refractivity contribution >= 4 is 17.5 Å². The topological polar surface area (TPSA) is 62.2 Å². The van der Waals surface area contributed by atoms with E-state index in [-0.39, 0.29) is 17.9 Å². The maximum absolute atomic E-state index is 13.8. The predicted molar refractivity (Wildman–Crippen MR) is 165 cm³/mol. The number of carbonyl (C=O) groups is 1. The van der Waals surface area contributed by atoms with Gasteiger partial charge in [-0.3, -0.25) is 9.69 Å². The van der Waals surface area contributed by atoms with E-state index in [0.29, 0.717) is 32.7 Å². The van der Waals surface area contributed by atoms with Crippen LogP contribution in [-0.4, -0.2) is 60.3 Å². The minimum Gasteiger partial charge on any atom is -0.494 e. The Morgan fingerprint density at radius 1 is 1.00 bits per heavy atom. The minimum absolute atomic E-state index is 0.0397. The Morgan fingerprint density at radius 2 is 1.71 bits per heavy atom. The van der Waals surface area contributed by atoms with Crippen LogP contribution in [0.1, 0.15) is 48.4 Å². The molecular formula is C34H43ClN2O4. The highest BCUT2D eigenvalue weighted by Crippen LogP contribution is 2.37. The SMILES string of the molecule is CCOc1ccc(CN2CCCC(COc3cc(C)c(Cl)c(C)c3)(CC(=O)N(CCO)Cc3ccccc3)C2)cc1. The van der Waals surface area contributed by atoms with Gasteiger partial charge >= 0.3 is 0 Å². The Morgan fingerprint density at radius 3 is 2.37 bits per heavy atom. The lowest BCUT2D eigenvalue weighted by Gasteiger charge is -2.43. The van der Waals surface area contributed by atoms with Gasteiger partial charge in [-0.15, -0.1) is 0 Å². The van der Waals surface area contributed by atoms with E-state index in [1.807, 2.05) is 75.4 Å². The van der Waals surface area contributed by atoms with Gasteiger partial charge in [0.05, 0.1) is 19.8 Å². The molecule has 1 unspecified atom stereocenters. The molecule has 6 nitrogen and oxygen atoms in total. The summed E-state index contributed by atoms with van der Waals surface area (Å²) in [5.41, 5.74) is 3.85. The van der Waals surface area contributed by atoms with E-state index in [0.717, 1.165) is 65.7 Å². The minimum atomic E-state index is -0.369. The number of rotatable bonds is 13. The van der Waals surface area contributed by atoms with Gasteiger partial charge in [-0.25, -0.2) is 0 Å². The monoisotopic (exact) mass is 578 g/mol. The number of benzene rings is 3. The van der Waals surface area contributed by atoms with Gasteiger partial charge in [0, 0.05) is 43.0 Å². The molecule has 1 atom stereocenters. The fourth-order valence-corrected chi connectivity index (χ4v) is 5.86. The van der Waals surface area contributed by atoms with Gasteiger partial charge in [0.25, 0.3) is 0 Å². The molecule has 0 aliphatic carbocycles. The number of ether oxygens (including phenoxy) is 2. The van der Waals surface area contributed by atoms with Crippen LogP contribution in [0.25, 0.3) is 0 Å². The lowest BCUT2D eigenvalue weighted by atomic mass is 9.77. The summed E-state index contributed by atoms with van der Waals surface area (Å²) in [6.07, 6.45) is 2.22. The maximum Gasteiger partial charge on any atom is 0.223 e. The van der Waals surface area contributed by atoms with Crippen LogP contribution in [0.3, 0.4) is 0 Å². The summed E-state index contributed by atoms with van der Waals surface area (Å²) in [7, 11) is 0. The van der Waals surface area contributed by atoms with Crippen molar-refractivity contribution in [3.05, 3.63) is 94.0 Å². The highest BCUT2D eigenvalue weighted by Gasteiger charge is 2.39. The average Bonchev–Trinajstić information content (AvgIpc) is 2.96. The standard InChI is InChI=1S/C34H43ClN2O4/c1-4-40-30-13-11-29(12-14-30)22-36-16-8-15-34(24-36,25-41-31-19-26(2)33(35)27(3)20-31)21-32(39)37(17-18-38)23-28-9-6-5-7-10-28/h5-7,9-14,19-20,38H,4,8,15-18,21-25H2,1-3H3. The summed E-state index contributed by atoms with van der Waals surface area (Å²) in [6, 6.07) is 22.2. The summed E-state index contributed by atoms with van der Waals surface area (Å²) in [5, 5.41) is 10.5. The first-order valence-electron chi connectivity index (χ1n) is 14.6. The number of hydrogen-bond acceptors (Lipinski definition) is 5. The highest BCUT2D eigenvalue weighted by atomic mass is 35.5. The van der Waals surface area contributed by atoms with Crippen molar-refractivity contribution in [3.63, 3.8) is 0 Å². The third-order valence-corrected chi connectivity index (χ3v) is 8.40. The number of piperidine rings is 1. The van der Waals surface area contributed by atoms with Gasteiger partial charge < -0.3 is 19.5 Å². The zero-order chi connectivity index (χ0) is 29.2. The summed E-state index contributed by atoms with van der Waals surface area (Å²) in [4.78, 5) is 18.1. The number of amides is 1. The maximum atomic E-state index is 13.8. The number of carbonyl (C=O) groups excluding carboxylic acids is 1. The van der Waals surface area contributed by atoms with Gasteiger partial charge in [-0.05, 0) is 86.7 Å². The van der Waals surface area contributed by atoms with Crippen molar-refractivity contribution in [2.24, 2.45) is 5.41 Å². The zero-order valence-electron chi connectivity index (χ0n) is 24.6. The van der Waals surface area contributed by atoms with Crippen LogP contribution in [0, 0.1) is 19.3 Å². The molecule has 0 aromatic heterocycles. The Balaban J connectivity index is 1.54. The van der Waals surface area contributed by atoms with E-state index in [1.54, 1.807) is 4.90 Å². The van der Waals surface area contributed by atoms with E-state index in [1.165, 1.54) is 5.56 Å². The van der Waals surface area contributed by atoms with Crippen LogP contribution < -0.4 is 9.47 Å². The lowest BCUT2D eigenvalue weighted by molar-refractivity contribution is -0.137. The molecule has 1 aliphatic heterocycles. The van der Waals surface area contributed by atoms with E-state index in [4.69, 9.17) is 21.1 Å². The number of aliphatic hydroxyl groups is 1. The quantitative estimate of drug-likeness (QED) is 0.253. The normalized spacial score (nSPS) is 17.3. The molecular weight excluding hydrogens is 536 g/mol. The van der Waals surface area contributed by atoms with Crippen LogP contribution in [0.2, 0.25) is 5.02 Å². The van der Waals surface area contributed by atoms with Gasteiger partial charge in [-0.2, -0.15) is 0 Å². The molecule has 41 heavy (non-hydrogen) atoms. The summed E-state index contributed by atoms with van der Waals surface area (Å²) >= 11 is 6.41. The molecule has 1 amide bonds. The van der Waals surface area contributed by atoms with Crippen molar-refractivity contribution in [2.75, 3.05) is 39.5 Å². The zero-order valence-corrected chi connectivity index (χ0v) is 25.3. The Hall–Kier alpha value is -3.06. The molecule has 1 aliphatic rings. The second-order valence-corrected chi connectivity index (χ2v) is 11.6. The molecule has 1 heterocycles. The van der Waals surface area contributed by atoms with E-state index >= 15 is 0 Å². The number of likely N-dealkylation sites (tertiary alicyclic amines) is 1. The van der Waals surface area contributed by atoms with Crippen molar-refractivity contribution < 1.29 is 19.4 Å². The third kappa shape index (κ3) is 8.71. The van der Waals surface area contributed by atoms with Crippen LogP contribution in [0.15, 0.2) is 66.7 Å². The molecule has 1 saturated heterocycles. The second kappa shape index (κ2) is 14.7. The van der Waals surface area contributed by atoms with Crippen molar-refractivity contribution in [1.82, 2.24) is 9.80 Å². The predicted octanol–water partition coefficient (Wildman–Crippen LogP) is 6.43. The molecule has 0 bridgehead atoms.